The van der Waals surface area contributed by atoms with Crippen LogP contribution in [0.25, 0.3) is 16.7 Å². The summed E-state index contributed by atoms with van der Waals surface area (Å²) in [5.41, 5.74) is 10.3. The van der Waals surface area contributed by atoms with Gasteiger partial charge >= 0.3 is 0 Å². The van der Waals surface area contributed by atoms with E-state index in [1.807, 2.05) is 25.1 Å². The van der Waals surface area contributed by atoms with Gasteiger partial charge in [0, 0.05) is 6.07 Å². The number of hydrogen-bond donors (Lipinski definition) is 1. The van der Waals surface area contributed by atoms with Gasteiger partial charge < -0.3 is 10.5 Å². The van der Waals surface area contributed by atoms with Gasteiger partial charge in [-0.1, -0.05) is 26.0 Å². The number of fused-ring (bicyclic) bond motifs is 1. The van der Waals surface area contributed by atoms with Crippen LogP contribution in [-0.4, -0.2) is 21.6 Å². The lowest BCUT2D eigenvalue weighted by Gasteiger charge is -2.05. The van der Waals surface area contributed by atoms with E-state index in [0.29, 0.717) is 24.0 Å². The van der Waals surface area contributed by atoms with Gasteiger partial charge in [-0.25, -0.2) is 0 Å². The van der Waals surface area contributed by atoms with Gasteiger partial charge in [0.05, 0.1) is 18.0 Å². The Morgan fingerprint density at radius 3 is 2.32 bits per heavy atom. The number of aromatic nitrogens is 3. The van der Waals surface area contributed by atoms with Crippen LogP contribution in [0.1, 0.15) is 32.3 Å². The molecule has 114 valence electrons. The van der Waals surface area contributed by atoms with E-state index in [1.54, 1.807) is 10.9 Å². The minimum absolute atomic E-state index is 0.507. The van der Waals surface area contributed by atoms with Gasteiger partial charge in [-0.3, -0.25) is 0 Å². The Balaban J connectivity index is 2.00. The van der Waals surface area contributed by atoms with Crippen molar-refractivity contribution in [2.75, 3.05) is 12.3 Å². The third kappa shape index (κ3) is 2.62. The highest BCUT2D eigenvalue weighted by Crippen LogP contribution is 2.27. The summed E-state index contributed by atoms with van der Waals surface area (Å²) in [4.78, 5) is 1.63. The van der Waals surface area contributed by atoms with Crippen molar-refractivity contribution in [3.63, 3.8) is 0 Å². The van der Waals surface area contributed by atoms with Crippen LogP contribution in [0, 0.1) is 0 Å². The number of rotatable bonds is 4. The summed E-state index contributed by atoms with van der Waals surface area (Å²) < 4.78 is 5.50. The van der Waals surface area contributed by atoms with Gasteiger partial charge in [-0.15, -0.1) is 10.2 Å². The van der Waals surface area contributed by atoms with Gasteiger partial charge in [0.15, 0.2) is 0 Å². The second-order valence-corrected chi connectivity index (χ2v) is 5.55. The fourth-order valence-corrected chi connectivity index (χ4v) is 2.35. The zero-order valence-electron chi connectivity index (χ0n) is 13.1. The van der Waals surface area contributed by atoms with Crippen LogP contribution in [0.15, 0.2) is 36.4 Å². The number of nitrogens with two attached hydrogens (primary N) is 1. The summed E-state index contributed by atoms with van der Waals surface area (Å²) in [6.45, 7) is 6.85. The molecular weight excluding hydrogens is 276 g/mol. The van der Waals surface area contributed by atoms with Crippen molar-refractivity contribution in [2.24, 2.45) is 0 Å². The first kappa shape index (κ1) is 14.4. The van der Waals surface area contributed by atoms with Crippen LogP contribution in [-0.2, 0) is 0 Å². The van der Waals surface area contributed by atoms with Crippen LogP contribution in [0.5, 0.6) is 5.75 Å². The molecule has 5 heteroatoms. The first-order valence-corrected chi connectivity index (χ1v) is 7.48. The number of nitrogens with zero attached hydrogens (tertiary/aromatic N) is 3. The van der Waals surface area contributed by atoms with Crippen molar-refractivity contribution in [3.8, 4) is 11.4 Å². The van der Waals surface area contributed by atoms with Crippen molar-refractivity contribution in [2.45, 2.75) is 26.7 Å². The largest absolute Gasteiger partial charge is 0.492 e. The van der Waals surface area contributed by atoms with Crippen LogP contribution >= 0.6 is 0 Å². The van der Waals surface area contributed by atoms with Crippen molar-refractivity contribution >= 4 is 16.7 Å². The molecule has 0 aliphatic heterocycles. The second-order valence-electron chi connectivity index (χ2n) is 5.55. The Morgan fingerprint density at radius 2 is 1.73 bits per heavy atom. The predicted molar refractivity (Wildman–Crippen MR) is 88.5 cm³/mol. The summed E-state index contributed by atoms with van der Waals surface area (Å²) in [5.74, 6) is 1.16. The van der Waals surface area contributed by atoms with E-state index in [2.05, 4.69) is 36.2 Å². The molecule has 22 heavy (non-hydrogen) atoms. The molecule has 0 saturated carbocycles. The monoisotopic (exact) mass is 296 g/mol. The molecule has 0 fully saturated rings. The van der Waals surface area contributed by atoms with Crippen molar-refractivity contribution in [3.05, 3.63) is 42.0 Å². The predicted octanol–water partition coefficient (Wildman–Crippen LogP) is 3.52. The molecule has 0 aliphatic carbocycles. The molecule has 0 saturated heterocycles. The van der Waals surface area contributed by atoms with E-state index >= 15 is 0 Å². The van der Waals surface area contributed by atoms with Gasteiger partial charge in [-0.2, -0.15) is 4.80 Å². The smallest absolute Gasteiger partial charge is 0.144 e. The van der Waals surface area contributed by atoms with Crippen LogP contribution in [0.3, 0.4) is 0 Å². The van der Waals surface area contributed by atoms with Crippen LogP contribution < -0.4 is 10.5 Å². The van der Waals surface area contributed by atoms with Crippen molar-refractivity contribution in [1.82, 2.24) is 15.0 Å². The molecule has 0 unspecified atom stereocenters. The molecule has 0 amide bonds. The maximum Gasteiger partial charge on any atom is 0.144 e. The molecule has 3 aromatic rings. The summed E-state index contributed by atoms with van der Waals surface area (Å²) in [6.07, 6.45) is 0. The highest BCUT2D eigenvalue weighted by molar-refractivity contribution is 5.81. The molecule has 2 aromatic carbocycles. The molecule has 0 spiro atoms. The Hall–Kier alpha value is -2.56. The minimum atomic E-state index is 0.507. The summed E-state index contributed by atoms with van der Waals surface area (Å²) >= 11 is 0. The molecular formula is C17H20N4O. The normalized spacial score (nSPS) is 11.3. The average molecular weight is 296 g/mol. The van der Waals surface area contributed by atoms with Gasteiger partial charge in [0.25, 0.3) is 0 Å². The van der Waals surface area contributed by atoms with Gasteiger partial charge in [-0.05, 0) is 36.6 Å². The number of nitrogen functional groups attached to an aromatic ring is 1. The van der Waals surface area contributed by atoms with Crippen LogP contribution in [0.4, 0.5) is 5.69 Å². The maximum atomic E-state index is 5.97. The second kappa shape index (κ2) is 5.67. The number of benzene rings is 2. The zero-order chi connectivity index (χ0) is 15.7. The summed E-state index contributed by atoms with van der Waals surface area (Å²) in [7, 11) is 0. The molecule has 0 radical (unpaired) electrons. The van der Waals surface area contributed by atoms with E-state index in [4.69, 9.17) is 10.5 Å². The first-order chi connectivity index (χ1) is 10.6. The molecule has 3 rings (SSSR count). The van der Waals surface area contributed by atoms with E-state index in [9.17, 15) is 0 Å². The van der Waals surface area contributed by atoms with E-state index in [1.165, 1.54) is 5.56 Å². The summed E-state index contributed by atoms with van der Waals surface area (Å²) in [6, 6.07) is 11.9. The van der Waals surface area contributed by atoms with Crippen molar-refractivity contribution in [1.29, 1.82) is 0 Å². The third-order valence-corrected chi connectivity index (χ3v) is 3.60. The maximum absolute atomic E-state index is 5.97. The van der Waals surface area contributed by atoms with E-state index < -0.39 is 0 Å². The SMILES string of the molecule is CCOc1cc2nn(-c3ccc(C(C)C)cc3)nc2cc1N. The fraction of sp³-hybridized carbons (Fsp3) is 0.294. The lowest BCUT2D eigenvalue weighted by molar-refractivity contribution is 0.342. The lowest BCUT2D eigenvalue weighted by atomic mass is 10.0. The number of hydrogen-bond acceptors (Lipinski definition) is 4. The first-order valence-electron chi connectivity index (χ1n) is 7.48. The standard InChI is InChI=1S/C17H20N4O/c1-4-22-17-10-16-15(9-14(17)18)19-21(20-16)13-7-5-12(6-8-13)11(2)3/h5-11H,4,18H2,1-3H3. The zero-order valence-corrected chi connectivity index (χ0v) is 13.1. The highest BCUT2D eigenvalue weighted by Gasteiger charge is 2.09. The molecule has 2 N–H and O–H groups in total. The van der Waals surface area contributed by atoms with E-state index in [-0.39, 0.29) is 0 Å². The molecule has 0 bridgehead atoms. The topological polar surface area (TPSA) is 66.0 Å². The Kier molecular flexibility index (Phi) is 3.71. The minimum Gasteiger partial charge on any atom is -0.492 e. The van der Waals surface area contributed by atoms with Crippen LogP contribution in [0.2, 0.25) is 0 Å². The Morgan fingerprint density at radius 1 is 1.09 bits per heavy atom. The van der Waals surface area contributed by atoms with Gasteiger partial charge in [0.2, 0.25) is 0 Å². The average Bonchev–Trinajstić information content (AvgIpc) is 2.90. The lowest BCUT2D eigenvalue weighted by Crippen LogP contribution is -1.98. The number of ether oxygens (including phenoxy) is 1. The molecule has 0 atom stereocenters. The Labute approximate surface area is 129 Å². The fourth-order valence-electron chi connectivity index (χ4n) is 2.35. The molecule has 0 aliphatic rings. The molecule has 1 heterocycles. The van der Waals surface area contributed by atoms with E-state index in [0.717, 1.165) is 16.7 Å². The Bertz CT molecular complexity index is 790. The van der Waals surface area contributed by atoms with Crippen molar-refractivity contribution < 1.29 is 4.74 Å². The molecule has 1 aromatic heterocycles. The number of anilines is 1. The summed E-state index contributed by atoms with van der Waals surface area (Å²) in [5, 5.41) is 9.00. The van der Waals surface area contributed by atoms with Gasteiger partial charge in [0.1, 0.15) is 16.8 Å². The quantitative estimate of drug-likeness (QED) is 0.748. The third-order valence-electron chi connectivity index (χ3n) is 3.60. The highest BCUT2D eigenvalue weighted by atomic mass is 16.5. The molecule has 5 nitrogen and oxygen atoms in total.